The molecule has 1 N–H and O–H groups in total. The minimum absolute atomic E-state index is 0.0293. The van der Waals surface area contributed by atoms with Gasteiger partial charge in [-0.25, -0.2) is 0 Å². The zero-order valence-electron chi connectivity index (χ0n) is 14.6. The van der Waals surface area contributed by atoms with E-state index < -0.39 is 0 Å². The summed E-state index contributed by atoms with van der Waals surface area (Å²) in [6.45, 7) is 2.69. The molecule has 0 atom stereocenters. The van der Waals surface area contributed by atoms with E-state index in [-0.39, 0.29) is 23.3 Å². The molecular formula is C20H21ClN2O2S. The Labute approximate surface area is 162 Å². The Kier molecular flexibility index (Phi) is 6.22. The topological polar surface area (TPSA) is 49.4 Å². The van der Waals surface area contributed by atoms with Gasteiger partial charge < -0.3 is 10.2 Å². The molecule has 0 fully saturated rings. The van der Waals surface area contributed by atoms with Crippen LogP contribution in [0.2, 0.25) is 5.02 Å². The number of aryl methyl sites for hydroxylation is 2. The van der Waals surface area contributed by atoms with Crippen molar-refractivity contribution < 1.29 is 9.59 Å². The summed E-state index contributed by atoms with van der Waals surface area (Å²) in [7, 11) is 0. The van der Waals surface area contributed by atoms with Gasteiger partial charge in [-0.1, -0.05) is 23.7 Å². The molecule has 26 heavy (non-hydrogen) atoms. The summed E-state index contributed by atoms with van der Waals surface area (Å²) in [6, 6.07) is 13.3. The Balaban J connectivity index is 1.51. The van der Waals surface area contributed by atoms with E-state index in [1.807, 2.05) is 49.4 Å². The molecule has 1 aliphatic heterocycles. The average Bonchev–Trinajstić information content (AvgIpc) is 2.60. The molecule has 6 heteroatoms. The smallest absolute Gasteiger partial charge is 0.236 e. The third kappa shape index (κ3) is 4.80. The summed E-state index contributed by atoms with van der Waals surface area (Å²) >= 11 is 7.38. The predicted molar refractivity (Wildman–Crippen MR) is 109 cm³/mol. The number of carbonyl (C=O) groups excluding carboxylic acids is 2. The number of thioether (sulfide) groups is 1. The second-order valence-corrected chi connectivity index (χ2v) is 7.75. The highest BCUT2D eigenvalue weighted by Crippen LogP contribution is 2.30. The zero-order valence-corrected chi connectivity index (χ0v) is 16.2. The lowest BCUT2D eigenvalue weighted by Gasteiger charge is -2.29. The quantitative estimate of drug-likeness (QED) is 0.830. The van der Waals surface area contributed by atoms with Crippen molar-refractivity contribution in [1.29, 1.82) is 0 Å². The summed E-state index contributed by atoms with van der Waals surface area (Å²) in [5.41, 5.74) is 3.92. The Bertz CT molecular complexity index is 825. The molecule has 136 valence electrons. The lowest BCUT2D eigenvalue weighted by atomic mass is 10.0. The molecule has 2 amide bonds. The van der Waals surface area contributed by atoms with Crippen molar-refractivity contribution in [2.45, 2.75) is 19.8 Å². The van der Waals surface area contributed by atoms with Crippen LogP contribution in [0.3, 0.4) is 0 Å². The SMILES string of the molecule is Cc1cccc(NC(=O)CSCC(=O)N2CCCc3cc(Cl)ccc32)c1. The molecule has 3 rings (SSSR count). The summed E-state index contributed by atoms with van der Waals surface area (Å²) in [6.07, 6.45) is 1.86. The summed E-state index contributed by atoms with van der Waals surface area (Å²) in [4.78, 5) is 26.4. The van der Waals surface area contributed by atoms with Crippen LogP contribution in [-0.2, 0) is 16.0 Å². The van der Waals surface area contributed by atoms with Crippen LogP contribution in [0, 0.1) is 6.92 Å². The van der Waals surface area contributed by atoms with Crippen molar-refractivity contribution in [2.75, 3.05) is 28.3 Å². The van der Waals surface area contributed by atoms with Crippen LogP contribution in [0.25, 0.3) is 0 Å². The fraction of sp³-hybridized carbons (Fsp3) is 0.300. The van der Waals surface area contributed by atoms with Crippen molar-refractivity contribution in [3.8, 4) is 0 Å². The van der Waals surface area contributed by atoms with Crippen LogP contribution in [0.1, 0.15) is 17.5 Å². The van der Waals surface area contributed by atoms with Crippen molar-refractivity contribution in [3.63, 3.8) is 0 Å². The van der Waals surface area contributed by atoms with Gasteiger partial charge >= 0.3 is 0 Å². The molecule has 0 saturated carbocycles. The first-order chi connectivity index (χ1) is 12.5. The van der Waals surface area contributed by atoms with Crippen LogP contribution in [0.15, 0.2) is 42.5 Å². The molecule has 0 radical (unpaired) electrons. The normalized spacial score (nSPS) is 13.2. The number of carbonyl (C=O) groups is 2. The molecule has 2 aromatic rings. The van der Waals surface area contributed by atoms with Crippen molar-refractivity contribution >= 4 is 46.6 Å². The molecule has 0 spiro atoms. The molecule has 1 aliphatic rings. The third-order valence-electron chi connectivity index (χ3n) is 4.22. The van der Waals surface area contributed by atoms with Crippen LogP contribution in [-0.4, -0.2) is 29.9 Å². The van der Waals surface area contributed by atoms with Crippen LogP contribution in [0.5, 0.6) is 0 Å². The number of hydrogen-bond donors (Lipinski definition) is 1. The Morgan fingerprint density at radius 3 is 2.85 bits per heavy atom. The maximum absolute atomic E-state index is 12.6. The van der Waals surface area contributed by atoms with Crippen molar-refractivity contribution in [2.24, 2.45) is 0 Å². The lowest BCUT2D eigenvalue weighted by molar-refractivity contribution is -0.116. The van der Waals surface area contributed by atoms with Crippen molar-refractivity contribution in [3.05, 3.63) is 58.6 Å². The summed E-state index contributed by atoms with van der Waals surface area (Å²) in [5, 5.41) is 3.55. The van der Waals surface area contributed by atoms with Gasteiger partial charge in [0.1, 0.15) is 0 Å². The van der Waals surface area contributed by atoms with Gasteiger partial charge in [-0.2, -0.15) is 0 Å². The van der Waals surface area contributed by atoms with E-state index in [1.54, 1.807) is 4.90 Å². The molecule has 0 unspecified atom stereocenters. The first kappa shape index (κ1) is 18.8. The van der Waals surface area contributed by atoms with E-state index in [9.17, 15) is 9.59 Å². The van der Waals surface area contributed by atoms with Gasteiger partial charge in [-0.3, -0.25) is 9.59 Å². The van der Waals surface area contributed by atoms with Crippen LogP contribution in [0.4, 0.5) is 11.4 Å². The number of fused-ring (bicyclic) bond motifs is 1. The largest absolute Gasteiger partial charge is 0.325 e. The monoisotopic (exact) mass is 388 g/mol. The highest BCUT2D eigenvalue weighted by atomic mass is 35.5. The molecule has 1 heterocycles. The maximum Gasteiger partial charge on any atom is 0.236 e. The zero-order chi connectivity index (χ0) is 18.5. The highest BCUT2D eigenvalue weighted by molar-refractivity contribution is 8.00. The first-order valence-corrected chi connectivity index (χ1v) is 10.1. The number of halogens is 1. The molecule has 2 aromatic carbocycles. The van der Waals surface area contributed by atoms with Crippen molar-refractivity contribution in [1.82, 2.24) is 0 Å². The molecule has 0 aliphatic carbocycles. The third-order valence-corrected chi connectivity index (χ3v) is 5.37. The second kappa shape index (κ2) is 8.60. The fourth-order valence-electron chi connectivity index (χ4n) is 3.05. The van der Waals surface area contributed by atoms with Gasteiger partial charge in [0.15, 0.2) is 0 Å². The standard InChI is InChI=1S/C20H21ClN2O2S/c1-14-4-2-6-17(10-14)22-19(24)12-26-13-20(25)23-9-3-5-15-11-16(21)7-8-18(15)23/h2,4,6-8,10-11H,3,5,9,12-13H2,1H3,(H,22,24). The molecular weight excluding hydrogens is 368 g/mol. The van der Waals surface area contributed by atoms with Crippen LogP contribution < -0.4 is 10.2 Å². The van der Waals surface area contributed by atoms with Gasteiger partial charge in [-0.05, 0) is 61.2 Å². The van der Waals surface area contributed by atoms with Gasteiger partial charge in [0.05, 0.1) is 11.5 Å². The fourth-order valence-corrected chi connectivity index (χ4v) is 3.94. The Morgan fingerprint density at radius 2 is 2.04 bits per heavy atom. The predicted octanol–water partition coefficient (Wildman–Crippen LogP) is 4.30. The lowest BCUT2D eigenvalue weighted by Crippen LogP contribution is -2.37. The molecule has 0 bridgehead atoms. The number of nitrogens with one attached hydrogen (secondary N) is 1. The van der Waals surface area contributed by atoms with E-state index in [0.717, 1.165) is 35.3 Å². The average molecular weight is 389 g/mol. The van der Waals surface area contributed by atoms with Gasteiger partial charge in [0, 0.05) is 22.9 Å². The molecule has 0 aromatic heterocycles. The minimum Gasteiger partial charge on any atom is -0.325 e. The number of benzene rings is 2. The number of nitrogens with zero attached hydrogens (tertiary/aromatic N) is 1. The number of hydrogen-bond acceptors (Lipinski definition) is 3. The second-order valence-electron chi connectivity index (χ2n) is 6.33. The van der Waals surface area contributed by atoms with Gasteiger partial charge in [-0.15, -0.1) is 11.8 Å². The minimum atomic E-state index is -0.0979. The Hall–Kier alpha value is -1.98. The highest BCUT2D eigenvalue weighted by Gasteiger charge is 2.22. The number of amides is 2. The molecule has 4 nitrogen and oxygen atoms in total. The van der Waals surface area contributed by atoms with E-state index in [1.165, 1.54) is 11.8 Å². The maximum atomic E-state index is 12.6. The van der Waals surface area contributed by atoms with Gasteiger partial charge in [0.25, 0.3) is 0 Å². The van der Waals surface area contributed by atoms with Gasteiger partial charge in [0.2, 0.25) is 11.8 Å². The first-order valence-electron chi connectivity index (χ1n) is 8.56. The van der Waals surface area contributed by atoms with E-state index >= 15 is 0 Å². The van der Waals surface area contributed by atoms with E-state index in [0.29, 0.717) is 11.6 Å². The summed E-state index contributed by atoms with van der Waals surface area (Å²) in [5.74, 6) is 0.463. The van der Waals surface area contributed by atoms with E-state index in [2.05, 4.69) is 5.32 Å². The van der Waals surface area contributed by atoms with E-state index in [4.69, 9.17) is 11.6 Å². The number of rotatable bonds is 5. The Morgan fingerprint density at radius 1 is 1.19 bits per heavy atom. The summed E-state index contributed by atoms with van der Waals surface area (Å²) < 4.78 is 0. The molecule has 0 saturated heterocycles. The number of anilines is 2. The van der Waals surface area contributed by atoms with Crippen LogP contribution >= 0.6 is 23.4 Å².